The molecule has 0 aliphatic carbocycles. The normalized spacial score (nSPS) is 11.4. The lowest BCUT2D eigenvalue weighted by molar-refractivity contribution is 0.0488. The largest absolute Gasteiger partial charge is 0.507 e. The van der Waals surface area contributed by atoms with Crippen molar-refractivity contribution in [2.75, 3.05) is 13.2 Å². The standard InChI is InChI=1S/C58H98O6S/c1-3-5-7-9-11-13-15-17-19-21-23-25-27-29-31-33-35-37-39-41-47-63-57(61)51-43-45-53(59)55(49-51)65-56-50-52(44-46-54(56)60)58(62)64-48-42-40-38-36-34-32-30-28-26-24-22-20-18-16-14-12-10-8-6-4-2/h43-46,49-50,59-60H,3-42,47-48H2,1-2H3. The van der Waals surface area contributed by atoms with Gasteiger partial charge in [0, 0.05) is 0 Å². The Morgan fingerprint density at radius 3 is 0.800 bits per heavy atom. The number of hydrogen-bond donors (Lipinski definition) is 2. The lowest BCUT2D eigenvalue weighted by Gasteiger charge is -2.11. The van der Waals surface area contributed by atoms with Crippen molar-refractivity contribution < 1.29 is 29.3 Å². The Morgan fingerprint density at radius 1 is 0.354 bits per heavy atom. The number of esters is 2. The summed E-state index contributed by atoms with van der Waals surface area (Å²) in [5.41, 5.74) is 0.673. The quantitative estimate of drug-likeness (QED) is 0.0505. The van der Waals surface area contributed by atoms with Gasteiger partial charge in [-0.05, 0) is 49.2 Å². The molecule has 6 nitrogen and oxygen atoms in total. The first kappa shape index (κ1) is 58.5. The van der Waals surface area contributed by atoms with Crippen molar-refractivity contribution in [1.82, 2.24) is 0 Å². The lowest BCUT2D eigenvalue weighted by atomic mass is 10.0. The Morgan fingerprint density at radius 2 is 0.569 bits per heavy atom. The predicted molar refractivity (Wildman–Crippen MR) is 277 cm³/mol. The molecular weight excluding hydrogens is 825 g/mol. The first-order chi connectivity index (χ1) is 32.0. The van der Waals surface area contributed by atoms with Gasteiger partial charge in [-0.2, -0.15) is 0 Å². The Hall–Kier alpha value is -2.67. The van der Waals surface area contributed by atoms with E-state index in [0.29, 0.717) is 34.1 Å². The van der Waals surface area contributed by atoms with Crippen molar-refractivity contribution in [2.45, 2.75) is 280 Å². The van der Waals surface area contributed by atoms with E-state index in [1.165, 1.54) is 230 Å². The zero-order chi connectivity index (χ0) is 46.7. The third-order valence-corrected chi connectivity index (χ3v) is 14.2. The van der Waals surface area contributed by atoms with Gasteiger partial charge < -0.3 is 19.7 Å². The molecule has 0 saturated carbocycles. The Kier molecular flexibility index (Phi) is 38.4. The van der Waals surface area contributed by atoms with E-state index in [1.807, 2.05) is 0 Å². The summed E-state index contributed by atoms with van der Waals surface area (Å²) in [6, 6.07) is 9.18. The summed E-state index contributed by atoms with van der Waals surface area (Å²) in [7, 11) is 0. The molecule has 0 fully saturated rings. The molecule has 7 heteroatoms. The number of aromatic hydroxyl groups is 2. The van der Waals surface area contributed by atoms with E-state index < -0.39 is 11.9 Å². The average molecular weight is 923 g/mol. The Labute approximate surface area is 404 Å². The summed E-state index contributed by atoms with van der Waals surface area (Å²) in [5, 5.41) is 21.2. The maximum Gasteiger partial charge on any atom is 0.338 e. The minimum absolute atomic E-state index is 0.0207. The molecule has 2 aromatic carbocycles. The second kappa shape index (κ2) is 42.7. The minimum atomic E-state index is -0.434. The molecule has 0 spiro atoms. The number of phenols is 2. The third kappa shape index (κ3) is 32.6. The highest BCUT2D eigenvalue weighted by molar-refractivity contribution is 7.99. The molecule has 0 radical (unpaired) electrons. The zero-order valence-corrected chi connectivity index (χ0v) is 42.9. The van der Waals surface area contributed by atoms with Crippen molar-refractivity contribution in [2.24, 2.45) is 0 Å². The number of unbranched alkanes of at least 4 members (excludes halogenated alkanes) is 38. The van der Waals surface area contributed by atoms with Crippen LogP contribution in [0.4, 0.5) is 0 Å². The lowest BCUT2D eigenvalue weighted by Crippen LogP contribution is -2.07. The van der Waals surface area contributed by atoms with Crippen LogP contribution in [0.2, 0.25) is 0 Å². The molecule has 0 amide bonds. The fraction of sp³-hybridized carbons (Fsp3) is 0.759. The molecule has 0 bridgehead atoms. The van der Waals surface area contributed by atoms with Gasteiger partial charge in [-0.3, -0.25) is 0 Å². The van der Waals surface area contributed by atoms with Crippen LogP contribution in [0.15, 0.2) is 46.2 Å². The second-order valence-corrected chi connectivity index (χ2v) is 20.3. The fourth-order valence-corrected chi connectivity index (χ4v) is 9.73. The van der Waals surface area contributed by atoms with Gasteiger partial charge in [-0.1, -0.05) is 270 Å². The highest BCUT2D eigenvalue weighted by Crippen LogP contribution is 2.40. The molecule has 0 heterocycles. The van der Waals surface area contributed by atoms with E-state index in [9.17, 15) is 19.8 Å². The molecule has 372 valence electrons. The van der Waals surface area contributed by atoms with Gasteiger partial charge >= 0.3 is 11.9 Å². The van der Waals surface area contributed by atoms with Gasteiger partial charge in [0.05, 0.1) is 34.1 Å². The second-order valence-electron chi connectivity index (χ2n) is 19.2. The van der Waals surface area contributed by atoms with Crippen molar-refractivity contribution in [3.05, 3.63) is 47.5 Å². The van der Waals surface area contributed by atoms with Gasteiger partial charge in [-0.25, -0.2) is 9.59 Å². The number of hydrogen-bond acceptors (Lipinski definition) is 7. The summed E-state index contributed by atoms with van der Waals surface area (Å²) in [6.07, 6.45) is 53.0. The molecule has 0 atom stereocenters. The van der Waals surface area contributed by atoms with Crippen LogP contribution in [0.3, 0.4) is 0 Å². The van der Waals surface area contributed by atoms with Crippen LogP contribution >= 0.6 is 11.8 Å². The van der Waals surface area contributed by atoms with Crippen LogP contribution in [0, 0.1) is 0 Å². The molecule has 2 aromatic rings. The van der Waals surface area contributed by atoms with Crippen molar-refractivity contribution in [3.63, 3.8) is 0 Å². The van der Waals surface area contributed by atoms with E-state index in [1.54, 1.807) is 24.3 Å². The number of ether oxygens (including phenoxy) is 2. The summed E-state index contributed by atoms with van der Waals surface area (Å²) in [4.78, 5) is 26.5. The van der Waals surface area contributed by atoms with E-state index >= 15 is 0 Å². The van der Waals surface area contributed by atoms with Crippen LogP contribution < -0.4 is 0 Å². The van der Waals surface area contributed by atoms with Crippen molar-refractivity contribution >= 4 is 23.7 Å². The molecule has 65 heavy (non-hydrogen) atoms. The molecule has 0 aliphatic heterocycles. The molecule has 0 aliphatic rings. The first-order valence-electron chi connectivity index (χ1n) is 27.6. The molecular formula is C58H98O6S. The number of benzene rings is 2. The monoisotopic (exact) mass is 923 g/mol. The minimum Gasteiger partial charge on any atom is -0.507 e. The van der Waals surface area contributed by atoms with Crippen molar-refractivity contribution in [3.8, 4) is 11.5 Å². The summed E-state index contributed by atoms with van der Waals surface area (Å²) < 4.78 is 11.1. The van der Waals surface area contributed by atoms with Gasteiger partial charge in [0.15, 0.2) is 0 Å². The number of rotatable bonds is 46. The first-order valence-corrected chi connectivity index (χ1v) is 28.5. The Balaban J connectivity index is 1.49. The maximum absolute atomic E-state index is 12.9. The fourth-order valence-electron chi connectivity index (χ4n) is 8.78. The smallest absolute Gasteiger partial charge is 0.338 e. The summed E-state index contributed by atoms with van der Waals surface area (Å²) in [5.74, 6) is -0.910. The van der Waals surface area contributed by atoms with E-state index in [2.05, 4.69) is 13.8 Å². The number of carbonyl (C=O) groups excluding carboxylic acids is 2. The zero-order valence-electron chi connectivity index (χ0n) is 42.1. The molecule has 2 rings (SSSR count). The molecule has 2 N–H and O–H groups in total. The third-order valence-electron chi connectivity index (χ3n) is 13.1. The number of phenolic OH excluding ortho intramolecular Hbond substituents is 2. The maximum atomic E-state index is 12.9. The van der Waals surface area contributed by atoms with Crippen LogP contribution in [-0.2, 0) is 9.47 Å². The SMILES string of the molecule is CCCCCCCCCCCCCCCCCCCCCCOC(=O)c1ccc(O)c(Sc2cc(C(=O)OCCCCCCCCCCCCCCCCCCCCCC)ccc2O)c1. The highest BCUT2D eigenvalue weighted by Gasteiger charge is 2.16. The van der Waals surface area contributed by atoms with E-state index in [-0.39, 0.29) is 11.5 Å². The molecule has 0 aromatic heterocycles. The highest BCUT2D eigenvalue weighted by atomic mass is 32.2. The predicted octanol–water partition coefficient (Wildman–Crippen LogP) is 19.2. The number of carbonyl (C=O) groups is 2. The summed E-state index contributed by atoms with van der Waals surface area (Å²) >= 11 is 1.09. The molecule has 0 saturated heterocycles. The molecule has 0 unspecified atom stereocenters. The van der Waals surface area contributed by atoms with Gasteiger partial charge in [0.1, 0.15) is 11.5 Å². The Bertz CT molecular complexity index is 1320. The van der Waals surface area contributed by atoms with Gasteiger partial charge in [0.2, 0.25) is 0 Å². The van der Waals surface area contributed by atoms with E-state index in [0.717, 1.165) is 50.3 Å². The van der Waals surface area contributed by atoms with Gasteiger partial charge in [-0.15, -0.1) is 0 Å². The van der Waals surface area contributed by atoms with E-state index in [4.69, 9.17) is 9.47 Å². The van der Waals surface area contributed by atoms with Crippen LogP contribution in [-0.4, -0.2) is 35.4 Å². The van der Waals surface area contributed by atoms with Crippen LogP contribution in [0.5, 0.6) is 11.5 Å². The average Bonchev–Trinajstić information content (AvgIpc) is 3.31. The topological polar surface area (TPSA) is 93.1 Å². The van der Waals surface area contributed by atoms with Crippen LogP contribution in [0.25, 0.3) is 0 Å². The van der Waals surface area contributed by atoms with Crippen LogP contribution in [0.1, 0.15) is 291 Å². The van der Waals surface area contributed by atoms with Crippen molar-refractivity contribution in [1.29, 1.82) is 0 Å². The summed E-state index contributed by atoms with van der Waals surface area (Å²) in [6.45, 7) is 5.30. The van der Waals surface area contributed by atoms with Gasteiger partial charge in [0.25, 0.3) is 0 Å².